The zero-order valence-electron chi connectivity index (χ0n) is 15.6. The summed E-state index contributed by atoms with van der Waals surface area (Å²) in [5, 5.41) is 3.42. The van der Waals surface area contributed by atoms with Crippen LogP contribution in [0.2, 0.25) is 0 Å². The van der Waals surface area contributed by atoms with Crippen LogP contribution in [0.5, 0.6) is 0 Å². The van der Waals surface area contributed by atoms with Gasteiger partial charge in [0.25, 0.3) is 0 Å². The highest BCUT2D eigenvalue weighted by molar-refractivity contribution is 5.78. The zero-order valence-corrected chi connectivity index (χ0v) is 15.6. The Labute approximate surface area is 142 Å². The molecule has 5 nitrogen and oxygen atoms in total. The molecule has 0 bridgehead atoms. The van der Waals surface area contributed by atoms with Crippen LogP contribution < -0.4 is 5.32 Å². The molecule has 1 atom stereocenters. The summed E-state index contributed by atoms with van der Waals surface area (Å²) in [6, 6.07) is 0.647. The molecular formula is C18H36N4O. The third kappa shape index (κ3) is 6.05. The van der Waals surface area contributed by atoms with Gasteiger partial charge in [-0.2, -0.15) is 0 Å². The van der Waals surface area contributed by atoms with Gasteiger partial charge in [-0.3, -0.25) is 14.6 Å². The summed E-state index contributed by atoms with van der Waals surface area (Å²) in [5.41, 5.74) is 0. The Morgan fingerprint density at radius 3 is 2.26 bits per heavy atom. The molecule has 0 aromatic carbocycles. The third-order valence-corrected chi connectivity index (χ3v) is 4.80. The number of rotatable bonds is 7. The fourth-order valence-corrected chi connectivity index (χ4v) is 3.75. The van der Waals surface area contributed by atoms with E-state index in [0.717, 1.165) is 52.4 Å². The first-order valence-electron chi connectivity index (χ1n) is 9.40. The lowest BCUT2D eigenvalue weighted by Gasteiger charge is -2.33. The van der Waals surface area contributed by atoms with Gasteiger partial charge in [0.15, 0.2) is 0 Å². The molecule has 0 aromatic heterocycles. The maximum absolute atomic E-state index is 12.7. The normalized spacial score (nSPS) is 23.8. The van der Waals surface area contributed by atoms with Crippen LogP contribution in [-0.4, -0.2) is 85.6 Å². The van der Waals surface area contributed by atoms with Gasteiger partial charge in [0.2, 0.25) is 5.91 Å². The number of likely N-dealkylation sites (tertiary alicyclic amines) is 1. The molecule has 0 aromatic rings. The van der Waals surface area contributed by atoms with Crippen molar-refractivity contribution in [3.05, 3.63) is 0 Å². The highest BCUT2D eigenvalue weighted by Crippen LogP contribution is 2.16. The molecule has 1 N–H and O–H groups in total. The monoisotopic (exact) mass is 324 g/mol. The van der Waals surface area contributed by atoms with E-state index in [1.54, 1.807) is 0 Å². The van der Waals surface area contributed by atoms with Crippen LogP contribution in [0.25, 0.3) is 0 Å². The molecule has 5 heteroatoms. The van der Waals surface area contributed by atoms with E-state index in [9.17, 15) is 4.79 Å². The van der Waals surface area contributed by atoms with Crippen molar-refractivity contribution in [3.8, 4) is 0 Å². The molecule has 0 saturated carbocycles. The lowest BCUT2D eigenvalue weighted by molar-refractivity contribution is -0.133. The SMILES string of the molecule is CC(C)CN(CC(C)C)C(=O)CN1CCC(N2CCNCC2)C1. The van der Waals surface area contributed by atoms with Crippen LogP contribution in [0.1, 0.15) is 34.1 Å². The zero-order chi connectivity index (χ0) is 16.8. The van der Waals surface area contributed by atoms with Gasteiger partial charge in [-0.25, -0.2) is 0 Å². The van der Waals surface area contributed by atoms with E-state index in [2.05, 4.69) is 47.7 Å². The second kappa shape index (κ2) is 9.00. The van der Waals surface area contributed by atoms with Crippen LogP contribution in [-0.2, 0) is 4.79 Å². The second-order valence-electron chi connectivity index (χ2n) is 8.05. The number of amides is 1. The highest BCUT2D eigenvalue weighted by Gasteiger charge is 2.30. The molecule has 0 spiro atoms. The van der Waals surface area contributed by atoms with Gasteiger partial charge in [-0.1, -0.05) is 27.7 Å². The molecule has 2 fully saturated rings. The Morgan fingerprint density at radius 2 is 1.70 bits per heavy atom. The van der Waals surface area contributed by atoms with E-state index in [0.29, 0.717) is 30.3 Å². The summed E-state index contributed by atoms with van der Waals surface area (Å²) < 4.78 is 0. The average molecular weight is 325 g/mol. The Kier molecular flexibility index (Phi) is 7.31. The fourth-order valence-electron chi connectivity index (χ4n) is 3.75. The van der Waals surface area contributed by atoms with Crippen LogP contribution in [0.4, 0.5) is 0 Å². The van der Waals surface area contributed by atoms with Gasteiger partial charge in [-0.15, -0.1) is 0 Å². The van der Waals surface area contributed by atoms with Crippen LogP contribution in [0.3, 0.4) is 0 Å². The van der Waals surface area contributed by atoms with E-state index in [1.165, 1.54) is 6.42 Å². The van der Waals surface area contributed by atoms with Crippen molar-refractivity contribution < 1.29 is 4.79 Å². The molecule has 2 heterocycles. The van der Waals surface area contributed by atoms with Gasteiger partial charge < -0.3 is 10.2 Å². The second-order valence-corrected chi connectivity index (χ2v) is 8.05. The van der Waals surface area contributed by atoms with Crippen LogP contribution in [0, 0.1) is 11.8 Å². The van der Waals surface area contributed by atoms with Crippen molar-refractivity contribution in [2.75, 3.05) is 58.9 Å². The van der Waals surface area contributed by atoms with Crippen LogP contribution in [0.15, 0.2) is 0 Å². The topological polar surface area (TPSA) is 38.8 Å². The third-order valence-electron chi connectivity index (χ3n) is 4.80. The standard InChI is InChI=1S/C18H36N4O/c1-15(2)11-22(12-16(3)4)18(23)14-20-8-5-17(13-20)21-9-6-19-7-10-21/h15-17,19H,5-14H2,1-4H3. The maximum Gasteiger partial charge on any atom is 0.236 e. The molecule has 2 aliphatic heterocycles. The predicted molar refractivity (Wildman–Crippen MR) is 95.5 cm³/mol. The maximum atomic E-state index is 12.7. The molecule has 2 aliphatic rings. The summed E-state index contributed by atoms with van der Waals surface area (Å²) in [5.74, 6) is 1.38. The molecule has 2 saturated heterocycles. The van der Waals surface area contributed by atoms with Crippen molar-refractivity contribution in [3.63, 3.8) is 0 Å². The first-order chi connectivity index (χ1) is 11.0. The van der Waals surface area contributed by atoms with Gasteiger partial charge in [0, 0.05) is 58.4 Å². The van der Waals surface area contributed by atoms with Gasteiger partial charge in [-0.05, 0) is 18.3 Å². The lowest BCUT2D eigenvalue weighted by Crippen LogP contribution is -2.49. The van der Waals surface area contributed by atoms with Crippen molar-refractivity contribution in [2.45, 2.75) is 40.2 Å². The van der Waals surface area contributed by atoms with E-state index >= 15 is 0 Å². The number of piperazine rings is 1. The Balaban J connectivity index is 1.81. The van der Waals surface area contributed by atoms with Gasteiger partial charge in [0.05, 0.1) is 6.54 Å². The first-order valence-corrected chi connectivity index (χ1v) is 9.40. The van der Waals surface area contributed by atoms with Gasteiger partial charge >= 0.3 is 0 Å². The summed E-state index contributed by atoms with van der Waals surface area (Å²) in [6.07, 6.45) is 1.21. The van der Waals surface area contributed by atoms with Crippen molar-refractivity contribution in [1.82, 2.24) is 20.0 Å². The fraction of sp³-hybridized carbons (Fsp3) is 0.944. The quantitative estimate of drug-likeness (QED) is 0.761. The minimum absolute atomic E-state index is 0.313. The Morgan fingerprint density at radius 1 is 1.09 bits per heavy atom. The summed E-state index contributed by atoms with van der Waals surface area (Å²) in [6.45, 7) is 17.8. The lowest BCUT2D eigenvalue weighted by atomic mass is 10.1. The number of carbonyl (C=O) groups is 1. The summed E-state index contributed by atoms with van der Waals surface area (Å²) in [7, 11) is 0. The number of hydrogen-bond donors (Lipinski definition) is 1. The molecule has 1 unspecified atom stereocenters. The number of carbonyl (C=O) groups excluding carboxylic acids is 1. The van der Waals surface area contributed by atoms with E-state index in [4.69, 9.17) is 0 Å². The van der Waals surface area contributed by atoms with E-state index in [-0.39, 0.29) is 0 Å². The Hall–Kier alpha value is -0.650. The molecule has 1 amide bonds. The van der Waals surface area contributed by atoms with Crippen molar-refractivity contribution in [2.24, 2.45) is 11.8 Å². The molecule has 0 radical (unpaired) electrons. The molecule has 134 valence electrons. The summed E-state index contributed by atoms with van der Waals surface area (Å²) >= 11 is 0. The molecular weight excluding hydrogens is 288 g/mol. The van der Waals surface area contributed by atoms with Crippen molar-refractivity contribution in [1.29, 1.82) is 0 Å². The van der Waals surface area contributed by atoms with Gasteiger partial charge in [0.1, 0.15) is 0 Å². The average Bonchev–Trinajstić information content (AvgIpc) is 2.95. The van der Waals surface area contributed by atoms with Crippen LogP contribution >= 0.6 is 0 Å². The predicted octanol–water partition coefficient (Wildman–Crippen LogP) is 1.11. The van der Waals surface area contributed by atoms with Crippen molar-refractivity contribution >= 4 is 5.91 Å². The molecule has 23 heavy (non-hydrogen) atoms. The number of nitrogens with zero attached hydrogens (tertiary/aromatic N) is 3. The largest absolute Gasteiger partial charge is 0.341 e. The molecule has 0 aliphatic carbocycles. The molecule has 2 rings (SSSR count). The first kappa shape index (κ1) is 18.7. The number of nitrogens with one attached hydrogen (secondary N) is 1. The minimum Gasteiger partial charge on any atom is -0.341 e. The highest BCUT2D eigenvalue weighted by atomic mass is 16.2. The number of hydrogen-bond acceptors (Lipinski definition) is 4. The summed E-state index contributed by atoms with van der Waals surface area (Å²) in [4.78, 5) is 19.8. The van der Waals surface area contributed by atoms with E-state index in [1.807, 2.05) is 0 Å². The minimum atomic E-state index is 0.313. The smallest absolute Gasteiger partial charge is 0.236 e. The van der Waals surface area contributed by atoms with E-state index < -0.39 is 0 Å². The Bertz CT molecular complexity index is 356.